The molecule has 0 fully saturated rings. The number of fused-ring (bicyclic) bond motifs is 1. The summed E-state index contributed by atoms with van der Waals surface area (Å²) in [5, 5.41) is 15.1. The monoisotopic (exact) mass is 274 g/mol. The van der Waals surface area contributed by atoms with Crippen LogP contribution in [0.25, 0.3) is 0 Å². The first-order valence-corrected chi connectivity index (χ1v) is 7.33. The first-order chi connectivity index (χ1) is 9.63. The molecule has 3 rings (SSSR count). The number of aromatic nitrogens is 5. The van der Waals surface area contributed by atoms with E-state index < -0.39 is 0 Å². The molecule has 20 heavy (non-hydrogen) atoms. The van der Waals surface area contributed by atoms with Crippen LogP contribution in [0.3, 0.4) is 0 Å². The van der Waals surface area contributed by atoms with Crippen molar-refractivity contribution in [3.8, 4) is 0 Å². The third-order valence-electron chi connectivity index (χ3n) is 3.97. The Morgan fingerprint density at radius 3 is 2.95 bits per heavy atom. The van der Waals surface area contributed by atoms with Gasteiger partial charge in [0, 0.05) is 24.2 Å². The lowest BCUT2D eigenvalue weighted by Crippen LogP contribution is -2.26. The van der Waals surface area contributed by atoms with E-state index in [0.29, 0.717) is 18.0 Å². The van der Waals surface area contributed by atoms with Crippen molar-refractivity contribution < 1.29 is 0 Å². The highest BCUT2D eigenvalue weighted by atomic mass is 15.3. The predicted molar refractivity (Wildman–Crippen MR) is 77.8 cm³/mol. The Labute approximate surface area is 119 Å². The van der Waals surface area contributed by atoms with Crippen LogP contribution in [-0.4, -0.2) is 31.0 Å². The second kappa shape index (κ2) is 5.26. The standard InChI is InChI=1S/C14H22N6/c1-9(2)20-7-13-12(19-20)5-4-11(17-13)6-10(3)14-15-8-16-18-14/h7-11,17H,4-6H2,1-3H3,(H,15,16,18). The molecule has 1 aliphatic rings. The van der Waals surface area contributed by atoms with Crippen molar-refractivity contribution in [2.75, 3.05) is 5.32 Å². The summed E-state index contributed by atoms with van der Waals surface area (Å²) in [7, 11) is 0. The zero-order valence-corrected chi connectivity index (χ0v) is 12.3. The SMILES string of the molecule is CC(CC1CCc2nn(C(C)C)cc2N1)c1ncn[nH]1. The Balaban J connectivity index is 1.66. The molecule has 6 nitrogen and oxygen atoms in total. The van der Waals surface area contributed by atoms with Gasteiger partial charge in [0.2, 0.25) is 0 Å². The van der Waals surface area contributed by atoms with E-state index in [0.717, 1.165) is 25.1 Å². The minimum Gasteiger partial charge on any atom is -0.380 e. The number of H-pyrrole nitrogens is 1. The van der Waals surface area contributed by atoms with Gasteiger partial charge in [0.25, 0.3) is 0 Å². The van der Waals surface area contributed by atoms with Crippen molar-refractivity contribution in [3.05, 3.63) is 24.0 Å². The van der Waals surface area contributed by atoms with Crippen LogP contribution in [0.15, 0.2) is 12.5 Å². The Morgan fingerprint density at radius 2 is 2.25 bits per heavy atom. The van der Waals surface area contributed by atoms with Crippen molar-refractivity contribution in [1.82, 2.24) is 25.0 Å². The van der Waals surface area contributed by atoms with Crippen LogP contribution in [0.4, 0.5) is 5.69 Å². The van der Waals surface area contributed by atoms with Gasteiger partial charge in [-0.05, 0) is 33.1 Å². The first-order valence-electron chi connectivity index (χ1n) is 7.33. The number of aromatic amines is 1. The molecule has 0 aliphatic carbocycles. The second-order valence-electron chi connectivity index (χ2n) is 5.95. The van der Waals surface area contributed by atoms with Gasteiger partial charge in [-0.15, -0.1) is 0 Å². The van der Waals surface area contributed by atoms with Gasteiger partial charge >= 0.3 is 0 Å². The van der Waals surface area contributed by atoms with E-state index in [1.165, 1.54) is 11.4 Å². The van der Waals surface area contributed by atoms with E-state index in [-0.39, 0.29) is 0 Å². The van der Waals surface area contributed by atoms with E-state index in [2.05, 4.69) is 52.6 Å². The zero-order chi connectivity index (χ0) is 14.1. The van der Waals surface area contributed by atoms with Crippen LogP contribution in [0, 0.1) is 0 Å². The fourth-order valence-corrected chi connectivity index (χ4v) is 2.77. The number of hydrogen-bond acceptors (Lipinski definition) is 4. The molecule has 0 saturated heterocycles. The van der Waals surface area contributed by atoms with Gasteiger partial charge in [-0.2, -0.15) is 10.2 Å². The first kappa shape index (κ1) is 13.1. The van der Waals surface area contributed by atoms with E-state index >= 15 is 0 Å². The maximum atomic E-state index is 4.64. The Bertz CT molecular complexity index is 556. The molecule has 3 heterocycles. The molecule has 0 spiro atoms. The summed E-state index contributed by atoms with van der Waals surface area (Å²) in [6, 6.07) is 0.890. The molecule has 0 amide bonds. The van der Waals surface area contributed by atoms with Crippen molar-refractivity contribution in [1.29, 1.82) is 0 Å². The highest BCUT2D eigenvalue weighted by Crippen LogP contribution is 2.29. The van der Waals surface area contributed by atoms with E-state index in [9.17, 15) is 0 Å². The van der Waals surface area contributed by atoms with Gasteiger partial charge in [-0.25, -0.2) is 4.98 Å². The maximum absolute atomic E-state index is 4.64. The molecule has 2 atom stereocenters. The van der Waals surface area contributed by atoms with E-state index in [4.69, 9.17) is 0 Å². The Morgan fingerprint density at radius 1 is 1.40 bits per heavy atom. The van der Waals surface area contributed by atoms with Gasteiger partial charge in [0.15, 0.2) is 0 Å². The molecule has 2 aromatic rings. The minimum atomic E-state index is 0.386. The molecule has 0 bridgehead atoms. The average Bonchev–Trinajstić information content (AvgIpc) is 3.07. The third kappa shape index (κ3) is 2.55. The van der Waals surface area contributed by atoms with Crippen LogP contribution in [-0.2, 0) is 6.42 Å². The number of nitrogens with zero attached hydrogens (tertiary/aromatic N) is 4. The molecular weight excluding hydrogens is 252 g/mol. The number of hydrogen-bond donors (Lipinski definition) is 2. The summed E-state index contributed by atoms with van der Waals surface area (Å²) in [6.45, 7) is 6.50. The van der Waals surface area contributed by atoms with Crippen molar-refractivity contribution in [2.45, 2.75) is 58.0 Å². The smallest absolute Gasteiger partial charge is 0.137 e. The zero-order valence-electron chi connectivity index (χ0n) is 12.3. The van der Waals surface area contributed by atoms with Gasteiger partial charge < -0.3 is 5.32 Å². The Kier molecular flexibility index (Phi) is 3.46. The molecule has 0 radical (unpaired) electrons. The van der Waals surface area contributed by atoms with Crippen LogP contribution in [0.2, 0.25) is 0 Å². The van der Waals surface area contributed by atoms with E-state index in [1.807, 2.05) is 4.68 Å². The van der Waals surface area contributed by atoms with Gasteiger partial charge in [0.05, 0.1) is 11.4 Å². The average molecular weight is 274 g/mol. The quantitative estimate of drug-likeness (QED) is 0.898. The Hall–Kier alpha value is -1.85. The molecule has 6 heteroatoms. The van der Waals surface area contributed by atoms with Crippen LogP contribution >= 0.6 is 0 Å². The van der Waals surface area contributed by atoms with Crippen LogP contribution in [0.1, 0.15) is 57.1 Å². The molecule has 108 valence electrons. The van der Waals surface area contributed by atoms with Crippen LogP contribution < -0.4 is 5.32 Å². The summed E-state index contributed by atoms with van der Waals surface area (Å²) in [6.07, 6.45) is 6.94. The minimum absolute atomic E-state index is 0.386. The summed E-state index contributed by atoms with van der Waals surface area (Å²) < 4.78 is 2.04. The van der Waals surface area contributed by atoms with Gasteiger partial charge in [0.1, 0.15) is 12.2 Å². The third-order valence-corrected chi connectivity index (χ3v) is 3.97. The summed E-state index contributed by atoms with van der Waals surface area (Å²) in [5.74, 6) is 1.35. The van der Waals surface area contributed by atoms with Gasteiger partial charge in [-0.3, -0.25) is 9.78 Å². The fourth-order valence-electron chi connectivity index (χ4n) is 2.77. The van der Waals surface area contributed by atoms with Crippen LogP contribution in [0.5, 0.6) is 0 Å². The number of anilines is 1. The molecule has 1 aliphatic heterocycles. The topological polar surface area (TPSA) is 71.4 Å². The highest BCUT2D eigenvalue weighted by molar-refractivity contribution is 5.49. The predicted octanol–water partition coefficient (Wildman–Crippen LogP) is 2.50. The van der Waals surface area contributed by atoms with Crippen molar-refractivity contribution in [3.63, 3.8) is 0 Å². The molecule has 2 unspecified atom stereocenters. The molecular formula is C14H22N6. The fraction of sp³-hybridized carbons (Fsp3) is 0.643. The number of nitrogens with one attached hydrogen (secondary N) is 2. The van der Waals surface area contributed by atoms with Gasteiger partial charge in [-0.1, -0.05) is 6.92 Å². The number of aryl methyl sites for hydroxylation is 1. The number of rotatable bonds is 4. The van der Waals surface area contributed by atoms with E-state index in [1.54, 1.807) is 6.33 Å². The lowest BCUT2D eigenvalue weighted by atomic mass is 9.94. The summed E-state index contributed by atoms with van der Waals surface area (Å²) in [4.78, 5) is 4.24. The lowest BCUT2D eigenvalue weighted by molar-refractivity contribution is 0.508. The normalized spacial score (nSPS) is 19.7. The maximum Gasteiger partial charge on any atom is 0.137 e. The summed E-state index contributed by atoms with van der Waals surface area (Å²) in [5.41, 5.74) is 2.39. The largest absolute Gasteiger partial charge is 0.380 e. The molecule has 0 saturated carbocycles. The molecule has 2 N–H and O–H groups in total. The van der Waals surface area contributed by atoms with Crippen molar-refractivity contribution >= 4 is 5.69 Å². The highest BCUT2D eigenvalue weighted by Gasteiger charge is 2.23. The molecule has 2 aromatic heterocycles. The second-order valence-corrected chi connectivity index (χ2v) is 5.95. The summed E-state index contributed by atoms with van der Waals surface area (Å²) >= 11 is 0. The van der Waals surface area contributed by atoms with Crippen molar-refractivity contribution in [2.24, 2.45) is 0 Å². The molecule has 0 aromatic carbocycles. The lowest BCUT2D eigenvalue weighted by Gasteiger charge is -2.25.